The van der Waals surface area contributed by atoms with Crippen LogP contribution < -0.4 is 42.4 Å². The molecule has 0 heterocycles. The topological polar surface area (TPSA) is 0 Å². The first kappa shape index (κ1) is 46.6. The van der Waals surface area contributed by atoms with Crippen LogP contribution in [-0.4, -0.2) is 24.6 Å². The van der Waals surface area contributed by atoms with Crippen LogP contribution in [0.15, 0.2) is 243 Å². The molecule has 299 valence electrons. The van der Waals surface area contributed by atoms with E-state index >= 15 is 0 Å². The van der Waals surface area contributed by atoms with Crippen molar-refractivity contribution in [3.05, 3.63) is 243 Å². The maximum atomic E-state index is 4.11. The molecule has 0 bridgehead atoms. The third-order valence-electron chi connectivity index (χ3n) is 9.64. The van der Waals surface area contributed by atoms with Crippen molar-refractivity contribution >= 4 is 95.8 Å². The molecule has 0 saturated heterocycles. The molecule has 0 atom stereocenters. The Balaban J connectivity index is 0.000000212. The summed E-state index contributed by atoms with van der Waals surface area (Å²) in [6.07, 6.45) is 4.83. The second-order valence-corrected chi connectivity index (χ2v) is 22.6. The Morgan fingerprint density at radius 1 is 0.203 bits per heavy atom. The van der Waals surface area contributed by atoms with Crippen molar-refractivity contribution in [2.24, 2.45) is 0 Å². The molecule has 0 N–H and O–H groups in total. The molecule has 0 aliphatic rings. The van der Waals surface area contributed by atoms with Gasteiger partial charge in [0.15, 0.2) is 0 Å². The van der Waals surface area contributed by atoms with Crippen molar-refractivity contribution in [3.63, 3.8) is 0 Å². The third-order valence-corrected chi connectivity index (χ3v) is 20.4. The second kappa shape index (κ2) is 26.7. The minimum absolute atomic E-state index is 0. The molecule has 0 saturated carbocycles. The van der Waals surface area contributed by atoms with E-state index in [1.54, 1.807) is 0 Å². The van der Waals surface area contributed by atoms with E-state index in [4.69, 9.17) is 0 Å². The summed E-state index contributed by atoms with van der Waals surface area (Å²) in [7, 11) is 6.83. The summed E-state index contributed by atoms with van der Waals surface area (Å²) in [5.41, 5.74) is 0. The maximum absolute atomic E-state index is 4.11. The summed E-state index contributed by atoms with van der Waals surface area (Å²) in [6, 6.07) is 88.4. The van der Waals surface area contributed by atoms with Crippen LogP contribution in [0.4, 0.5) is 0 Å². The number of hydrogen-bond donors (Lipinski definition) is 0. The normalized spacial score (nSPS) is 10.6. The fourth-order valence-corrected chi connectivity index (χ4v) is 17.6. The molecule has 0 unspecified atom stereocenters. The zero-order valence-corrected chi connectivity index (χ0v) is 38.9. The zero-order valence-electron chi connectivity index (χ0n) is 32.8. The first-order valence-electron chi connectivity index (χ1n) is 19.5. The van der Waals surface area contributed by atoms with E-state index in [1.165, 1.54) is 67.1 Å². The molecule has 0 spiro atoms. The molecule has 8 aromatic rings. The predicted molar refractivity (Wildman–Crippen MR) is 267 cm³/mol. The fraction of sp³-hybridized carbons (Fsp3) is 0.0769. The van der Waals surface area contributed by atoms with Crippen LogP contribution in [0.5, 0.6) is 0 Å². The Kier molecular flexibility index (Phi) is 21.1. The summed E-state index contributed by atoms with van der Waals surface area (Å²) in [6.45, 7) is 0. The Hall–Kier alpha value is -3.43. The van der Waals surface area contributed by atoms with Gasteiger partial charge < -0.3 is 0 Å². The summed E-state index contributed by atoms with van der Waals surface area (Å²) in [4.78, 5) is 0. The molecule has 7 heteroatoms. The van der Waals surface area contributed by atoms with E-state index in [0.29, 0.717) is 0 Å². The molecule has 0 amide bonds. The first-order chi connectivity index (χ1) is 28.8. The van der Waals surface area contributed by atoms with E-state index in [2.05, 4.69) is 264 Å². The number of halogens is 2. The number of benzene rings is 8. The predicted octanol–water partition coefficient (Wildman–Crippen LogP) is 11.9. The van der Waals surface area contributed by atoms with Gasteiger partial charge in [0.2, 0.25) is 0 Å². The van der Waals surface area contributed by atoms with Gasteiger partial charge in [-0.2, -0.15) is 0 Å². The van der Waals surface area contributed by atoms with Crippen molar-refractivity contribution in [3.8, 4) is 0 Å². The Morgan fingerprint density at radius 3 is 0.407 bits per heavy atom. The summed E-state index contributed by atoms with van der Waals surface area (Å²) in [5.74, 6) is 0. The van der Waals surface area contributed by atoms with Crippen LogP contribution in [-0.2, 0) is 16.8 Å². The molecule has 0 aliphatic carbocycles. The van der Waals surface area contributed by atoms with Gasteiger partial charge in [0, 0.05) is 38.5 Å². The average Bonchev–Trinajstić information content (AvgIpc) is 3.32. The van der Waals surface area contributed by atoms with Crippen LogP contribution in [0.1, 0.15) is 0 Å². The van der Waals surface area contributed by atoms with E-state index in [1.807, 2.05) is 0 Å². The molecule has 59 heavy (non-hydrogen) atoms. The number of hydrogen-bond acceptors (Lipinski definition) is 0. The van der Waals surface area contributed by atoms with Gasteiger partial charge in [-0.1, -0.05) is 243 Å². The smallest absolute Gasteiger partial charge is 0 e. The van der Waals surface area contributed by atoms with Crippen molar-refractivity contribution in [1.82, 2.24) is 0 Å². The Labute approximate surface area is 377 Å². The average molecular weight is 927 g/mol. The van der Waals surface area contributed by atoms with Gasteiger partial charge in [-0.05, 0) is 98.8 Å². The molecule has 0 aliphatic heterocycles. The quantitative estimate of drug-likeness (QED) is 0.0954. The first-order valence-corrected chi connectivity index (χ1v) is 26.7. The van der Waals surface area contributed by atoms with Gasteiger partial charge in [-0.15, -0.1) is 0 Å². The molecule has 8 rings (SSSR count). The van der Waals surface area contributed by atoms with E-state index < -0.39 is 0 Å². The summed E-state index contributed by atoms with van der Waals surface area (Å²) >= 11 is 0. The van der Waals surface area contributed by atoms with Gasteiger partial charge in [0.05, 0.1) is 0 Å². The molecule has 1 radical (unpaired) electrons. The summed E-state index contributed by atoms with van der Waals surface area (Å²) in [5, 5.41) is 11.8. The molecular formula is C52H48Cl2CoP4. The Bertz CT molecular complexity index is 1770. The van der Waals surface area contributed by atoms with Crippen molar-refractivity contribution in [2.45, 2.75) is 0 Å². The van der Waals surface area contributed by atoms with Crippen molar-refractivity contribution in [1.29, 1.82) is 0 Å². The molecule has 0 fully saturated rings. The van der Waals surface area contributed by atoms with E-state index in [0.717, 1.165) is 0 Å². The summed E-state index contributed by atoms with van der Waals surface area (Å²) < 4.78 is 0. The van der Waals surface area contributed by atoms with Gasteiger partial charge in [0.1, 0.15) is 0 Å². The standard InChI is InChI=1S/2C26H24P2.Cl2.Co/c2*1-5-13-23(14-6-1)27(24-15-7-2-8-16-24)21-22-28(25-17-9-3-10-18-25)26-19-11-4-12-20-26;1-2;/h2*1-20H,21-22H2;;. The Morgan fingerprint density at radius 2 is 0.305 bits per heavy atom. The van der Waals surface area contributed by atoms with Crippen LogP contribution in [0.25, 0.3) is 0 Å². The zero-order chi connectivity index (χ0) is 40.0. The van der Waals surface area contributed by atoms with E-state index in [9.17, 15) is 0 Å². The second-order valence-electron chi connectivity index (χ2n) is 13.3. The maximum Gasteiger partial charge on any atom is 0 e. The van der Waals surface area contributed by atoms with Crippen molar-refractivity contribution < 1.29 is 16.8 Å². The van der Waals surface area contributed by atoms with Gasteiger partial charge in [0.25, 0.3) is 0 Å². The van der Waals surface area contributed by atoms with Gasteiger partial charge in [-0.3, -0.25) is 0 Å². The minimum Gasteiger partial charge on any atom is -0.0622 e. The molecule has 0 aromatic heterocycles. The molecule has 0 nitrogen and oxygen atoms in total. The minimum atomic E-state index is -0.348. The van der Waals surface area contributed by atoms with Crippen molar-refractivity contribution in [2.75, 3.05) is 24.6 Å². The number of rotatable bonds is 14. The fourth-order valence-electron chi connectivity index (χ4n) is 6.89. The largest absolute Gasteiger partial charge is 0.0622 e. The molecular weight excluding hydrogens is 878 g/mol. The monoisotopic (exact) mass is 925 g/mol. The SMILES string of the molecule is ClCl.[Co].c1ccc(P(CCP(c2ccccc2)c2ccccc2)c2ccccc2)cc1.c1ccc(P(CCP(c2ccccc2)c2ccccc2)c2ccccc2)cc1. The van der Waals surface area contributed by atoms with E-state index in [-0.39, 0.29) is 48.5 Å². The van der Waals surface area contributed by atoms with Gasteiger partial charge >= 0.3 is 0 Å². The van der Waals surface area contributed by atoms with Crippen LogP contribution >= 0.6 is 53.4 Å². The third kappa shape index (κ3) is 14.3. The molecule has 8 aromatic carbocycles. The van der Waals surface area contributed by atoms with Crippen LogP contribution in [0, 0.1) is 0 Å². The van der Waals surface area contributed by atoms with Crippen LogP contribution in [0.2, 0.25) is 0 Å². The van der Waals surface area contributed by atoms with Gasteiger partial charge in [-0.25, -0.2) is 0 Å². The van der Waals surface area contributed by atoms with Crippen LogP contribution in [0.3, 0.4) is 0 Å².